The van der Waals surface area contributed by atoms with Gasteiger partial charge in [0.15, 0.2) is 11.6 Å². The maximum Gasteiger partial charge on any atom is 0.176 e. The van der Waals surface area contributed by atoms with Gasteiger partial charge in [-0.15, -0.1) is 0 Å². The molecule has 0 aliphatic rings. The quantitative estimate of drug-likeness (QED) is 0.615. The van der Waals surface area contributed by atoms with E-state index in [1.165, 1.54) is 4.57 Å². The average molecular weight is 337 g/mol. The molecule has 0 saturated carbocycles. The number of benzene rings is 2. The van der Waals surface area contributed by atoms with Gasteiger partial charge in [0, 0.05) is 29.2 Å². The van der Waals surface area contributed by atoms with Gasteiger partial charge in [0.1, 0.15) is 5.75 Å². The van der Waals surface area contributed by atoms with Crippen LogP contribution in [0.1, 0.15) is 24.5 Å². The summed E-state index contributed by atoms with van der Waals surface area (Å²) in [5.74, 6) is 5.26. The smallest absolute Gasteiger partial charge is 0.176 e. The van der Waals surface area contributed by atoms with Gasteiger partial charge >= 0.3 is 0 Å². The summed E-state index contributed by atoms with van der Waals surface area (Å²) in [4.78, 5) is 0. The molecule has 0 amide bonds. The van der Waals surface area contributed by atoms with E-state index in [0.717, 1.165) is 35.7 Å². The Kier molecular flexibility index (Phi) is 5.15. The number of hydrogen-bond donors (Lipinski definition) is 0. The Balaban J connectivity index is 1.70. The van der Waals surface area contributed by atoms with E-state index in [0.29, 0.717) is 12.3 Å². The molecule has 0 atom stereocenters. The van der Waals surface area contributed by atoms with Gasteiger partial charge in [-0.2, -0.15) is 0 Å². The monoisotopic (exact) mass is 337 g/mol. The summed E-state index contributed by atoms with van der Waals surface area (Å²) in [6, 6.07) is 14.8. The van der Waals surface area contributed by atoms with Crippen LogP contribution in [0.2, 0.25) is 0 Å². The van der Waals surface area contributed by atoms with Gasteiger partial charge < -0.3 is 9.30 Å². The lowest BCUT2D eigenvalue weighted by Gasteiger charge is -2.03. The minimum Gasteiger partial charge on any atom is -0.494 e. The van der Waals surface area contributed by atoms with Gasteiger partial charge in [0.05, 0.1) is 6.61 Å². The summed E-state index contributed by atoms with van der Waals surface area (Å²) >= 11 is 0. The van der Waals surface area contributed by atoms with Gasteiger partial charge in [-0.1, -0.05) is 18.8 Å². The molecule has 3 rings (SSSR count). The zero-order valence-electron chi connectivity index (χ0n) is 13.8. The van der Waals surface area contributed by atoms with E-state index in [9.17, 15) is 8.78 Å². The largest absolute Gasteiger partial charge is 0.494 e. The molecule has 3 aromatic rings. The second-order valence-corrected chi connectivity index (χ2v) is 5.53. The molecule has 2 aromatic carbocycles. The Hall–Kier alpha value is -3.06. The third kappa shape index (κ3) is 4.27. The summed E-state index contributed by atoms with van der Waals surface area (Å²) in [7, 11) is 0. The van der Waals surface area contributed by atoms with Gasteiger partial charge in [-0.05, 0) is 55.0 Å². The molecule has 0 spiro atoms. The van der Waals surface area contributed by atoms with Crippen molar-refractivity contribution in [2.75, 3.05) is 6.61 Å². The van der Waals surface area contributed by atoms with Crippen LogP contribution in [0.3, 0.4) is 0 Å². The fraction of sp³-hybridized carbons (Fsp3) is 0.143. The maximum absolute atomic E-state index is 13.1. The van der Waals surface area contributed by atoms with Crippen molar-refractivity contribution < 1.29 is 13.5 Å². The normalized spacial score (nSPS) is 10.2. The third-order valence-corrected chi connectivity index (χ3v) is 3.58. The average Bonchev–Trinajstić information content (AvgIpc) is 2.98. The first-order valence-corrected chi connectivity index (χ1v) is 8.04. The highest BCUT2D eigenvalue weighted by Crippen LogP contribution is 2.15. The number of halogens is 2. The Morgan fingerprint density at radius 3 is 1.88 bits per heavy atom. The Morgan fingerprint density at radius 2 is 1.36 bits per heavy atom. The summed E-state index contributed by atoms with van der Waals surface area (Å²) in [5.41, 5.74) is 2.39. The second kappa shape index (κ2) is 7.67. The predicted octanol–water partition coefficient (Wildman–Crippen LogP) is 4.94. The first-order valence-electron chi connectivity index (χ1n) is 8.04. The SMILES string of the molecule is CCCOc1ccc(C#Cc2ccc(-n3cc(F)c(F)c3)cc2)cc1. The maximum atomic E-state index is 13.1. The van der Waals surface area contributed by atoms with Crippen molar-refractivity contribution in [3.05, 3.63) is 83.7 Å². The van der Waals surface area contributed by atoms with Crippen LogP contribution in [0.5, 0.6) is 5.75 Å². The van der Waals surface area contributed by atoms with Crippen LogP contribution in [-0.2, 0) is 0 Å². The van der Waals surface area contributed by atoms with E-state index in [-0.39, 0.29) is 0 Å². The van der Waals surface area contributed by atoms with Crippen molar-refractivity contribution in [3.8, 4) is 23.3 Å². The van der Waals surface area contributed by atoms with Gasteiger partial charge in [0.2, 0.25) is 0 Å². The molecule has 0 saturated heterocycles. The van der Waals surface area contributed by atoms with Gasteiger partial charge in [-0.3, -0.25) is 0 Å². The van der Waals surface area contributed by atoms with E-state index in [4.69, 9.17) is 4.74 Å². The summed E-state index contributed by atoms with van der Waals surface area (Å²) < 4.78 is 33.1. The molecule has 1 aromatic heterocycles. The van der Waals surface area contributed by atoms with Crippen LogP contribution in [0, 0.1) is 23.5 Å². The minimum atomic E-state index is -0.866. The van der Waals surface area contributed by atoms with Crippen molar-refractivity contribution in [2.45, 2.75) is 13.3 Å². The van der Waals surface area contributed by atoms with Crippen LogP contribution >= 0.6 is 0 Å². The highest BCUT2D eigenvalue weighted by atomic mass is 19.2. The van der Waals surface area contributed by atoms with Crippen molar-refractivity contribution in [1.29, 1.82) is 0 Å². The molecule has 0 radical (unpaired) electrons. The molecule has 126 valence electrons. The Bertz CT molecular complexity index is 880. The van der Waals surface area contributed by atoms with Crippen LogP contribution in [-0.4, -0.2) is 11.2 Å². The van der Waals surface area contributed by atoms with E-state index >= 15 is 0 Å². The topological polar surface area (TPSA) is 14.2 Å². The zero-order valence-corrected chi connectivity index (χ0v) is 13.8. The lowest BCUT2D eigenvalue weighted by molar-refractivity contribution is 0.317. The molecular formula is C21H17F2NO. The lowest BCUT2D eigenvalue weighted by Crippen LogP contribution is -1.94. The zero-order chi connectivity index (χ0) is 17.6. The van der Waals surface area contributed by atoms with Crippen molar-refractivity contribution in [2.24, 2.45) is 0 Å². The Labute approximate surface area is 145 Å². The van der Waals surface area contributed by atoms with Crippen LogP contribution in [0.15, 0.2) is 60.9 Å². The van der Waals surface area contributed by atoms with E-state index < -0.39 is 11.6 Å². The third-order valence-electron chi connectivity index (χ3n) is 3.58. The number of aromatic nitrogens is 1. The number of rotatable bonds is 4. The first-order chi connectivity index (χ1) is 12.2. The van der Waals surface area contributed by atoms with Gasteiger partial charge in [0.25, 0.3) is 0 Å². The molecule has 0 aliphatic carbocycles. The summed E-state index contributed by atoms with van der Waals surface area (Å²) in [6.45, 7) is 2.76. The predicted molar refractivity (Wildman–Crippen MR) is 93.9 cm³/mol. The molecule has 25 heavy (non-hydrogen) atoms. The number of nitrogens with zero attached hydrogens (tertiary/aromatic N) is 1. The summed E-state index contributed by atoms with van der Waals surface area (Å²) in [6.07, 6.45) is 3.19. The standard InChI is InChI=1S/C21H17F2NO/c1-2-13-25-19-11-7-17(8-12-19)4-3-16-5-9-18(10-6-16)24-14-20(22)21(23)15-24/h5-12,14-15H,2,13H2,1H3. The summed E-state index contributed by atoms with van der Waals surface area (Å²) in [5, 5.41) is 0. The van der Waals surface area contributed by atoms with Crippen molar-refractivity contribution in [1.82, 2.24) is 4.57 Å². The van der Waals surface area contributed by atoms with Gasteiger partial charge in [-0.25, -0.2) is 8.78 Å². The molecular weight excluding hydrogens is 320 g/mol. The van der Waals surface area contributed by atoms with Crippen molar-refractivity contribution in [3.63, 3.8) is 0 Å². The molecule has 0 fully saturated rings. The molecule has 0 bridgehead atoms. The fourth-order valence-electron chi connectivity index (χ4n) is 2.27. The fourth-order valence-corrected chi connectivity index (χ4v) is 2.27. The first kappa shape index (κ1) is 16.8. The second-order valence-electron chi connectivity index (χ2n) is 5.53. The highest BCUT2D eigenvalue weighted by Gasteiger charge is 2.06. The molecule has 0 aliphatic heterocycles. The molecule has 0 unspecified atom stereocenters. The molecule has 2 nitrogen and oxygen atoms in total. The van der Waals surface area contributed by atoms with Crippen LogP contribution in [0.4, 0.5) is 8.78 Å². The highest BCUT2D eigenvalue weighted by molar-refractivity contribution is 5.47. The number of ether oxygens (including phenoxy) is 1. The van der Waals surface area contributed by atoms with E-state index in [2.05, 4.69) is 18.8 Å². The molecule has 0 N–H and O–H groups in total. The van der Waals surface area contributed by atoms with E-state index in [1.54, 1.807) is 12.1 Å². The van der Waals surface area contributed by atoms with Crippen LogP contribution < -0.4 is 4.74 Å². The van der Waals surface area contributed by atoms with Crippen molar-refractivity contribution >= 4 is 0 Å². The van der Waals surface area contributed by atoms with Crippen LogP contribution in [0.25, 0.3) is 5.69 Å². The number of hydrogen-bond acceptors (Lipinski definition) is 1. The molecule has 4 heteroatoms. The molecule has 1 heterocycles. The Morgan fingerprint density at radius 1 is 0.840 bits per heavy atom. The lowest BCUT2D eigenvalue weighted by atomic mass is 10.1. The minimum absolute atomic E-state index is 0.672. The van der Waals surface area contributed by atoms with E-state index in [1.807, 2.05) is 36.4 Å².